The molecule has 184 valence electrons. The first kappa shape index (κ1) is 24.5. The van der Waals surface area contributed by atoms with E-state index in [9.17, 15) is 9.59 Å². The molecule has 0 saturated carbocycles. The first-order valence-corrected chi connectivity index (χ1v) is 12.7. The summed E-state index contributed by atoms with van der Waals surface area (Å²) in [6.45, 7) is -0.172. The van der Waals surface area contributed by atoms with Crippen molar-refractivity contribution in [2.24, 2.45) is 0 Å². The van der Waals surface area contributed by atoms with E-state index in [1.54, 1.807) is 41.3 Å². The normalized spacial score (nSPS) is 14.3. The highest BCUT2D eigenvalue weighted by Gasteiger charge is 2.34. The van der Waals surface area contributed by atoms with Crippen molar-refractivity contribution in [2.75, 3.05) is 23.9 Å². The van der Waals surface area contributed by atoms with E-state index in [0.717, 1.165) is 22.0 Å². The number of carbonyl (C=O) groups is 2. The lowest BCUT2D eigenvalue weighted by atomic mass is 10.1. The first-order chi connectivity index (χ1) is 18.0. The Balaban J connectivity index is 1.32. The van der Waals surface area contributed by atoms with Crippen molar-refractivity contribution < 1.29 is 19.1 Å². The monoisotopic (exact) mass is 526 g/mol. The minimum atomic E-state index is -0.283. The third-order valence-corrected chi connectivity index (χ3v) is 7.01. The van der Waals surface area contributed by atoms with Crippen molar-refractivity contribution in [1.82, 2.24) is 0 Å². The Labute approximate surface area is 223 Å². The molecule has 1 aliphatic heterocycles. The van der Waals surface area contributed by atoms with Gasteiger partial charge in [0.1, 0.15) is 0 Å². The summed E-state index contributed by atoms with van der Waals surface area (Å²) in [6, 6.07) is 28.2. The molecule has 0 bridgehead atoms. The number of benzene rings is 4. The maximum absolute atomic E-state index is 13.4. The number of thioether (sulfide) groups is 1. The average molecular weight is 527 g/mol. The molecule has 0 unspecified atom stereocenters. The van der Waals surface area contributed by atoms with Crippen LogP contribution in [0.3, 0.4) is 0 Å². The number of methoxy groups -OCH3 is 1. The lowest BCUT2D eigenvalue weighted by molar-refractivity contribution is -0.118. The number of hydrogen-bond donors (Lipinski definition) is 1. The number of ether oxygens (including phenoxy) is 2. The molecule has 0 aliphatic carbocycles. The summed E-state index contributed by atoms with van der Waals surface area (Å²) in [7, 11) is 1.52. The third kappa shape index (κ3) is 5.35. The predicted octanol–water partition coefficient (Wildman–Crippen LogP) is 6.27. The van der Waals surface area contributed by atoms with Gasteiger partial charge in [0.05, 0.1) is 17.7 Å². The highest BCUT2D eigenvalue weighted by atomic mass is 32.2. The molecule has 6 nitrogen and oxygen atoms in total. The van der Waals surface area contributed by atoms with Crippen molar-refractivity contribution in [2.45, 2.75) is 0 Å². The first-order valence-electron chi connectivity index (χ1n) is 11.4. The molecule has 8 heteroatoms. The number of fused-ring (bicyclic) bond motifs is 1. The molecule has 0 spiro atoms. The number of para-hydroxylation sites is 1. The summed E-state index contributed by atoms with van der Waals surface area (Å²) >= 11 is 6.83. The van der Waals surface area contributed by atoms with Crippen LogP contribution in [0.4, 0.5) is 11.4 Å². The average Bonchev–Trinajstić information content (AvgIpc) is 3.20. The predicted molar refractivity (Wildman–Crippen MR) is 153 cm³/mol. The minimum Gasteiger partial charge on any atom is -0.493 e. The summed E-state index contributed by atoms with van der Waals surface area (Å²) in [5.74, 6) is 0.412. The van der Waals surface area contributed by atoms with E-state index in [-0.39, 0.29) is 18.4 Å². The van der Waals surface area contributed by atoms with Crippen LogP contribution < -0.4 is 19.7 Å². The van der Waals surface area contributed by atoms with Crippen LogP contribution in [0.15, 0.2) is 95.9 Å². The molecule has 1 heterocycles. The number of rotatable bonds is 7. The Morgan fingerprint density at radius 1 is 0.973 bits per heavy atom. The van der Waals surface area contributed by atoms with E-state index in [4.69, 9.17) is 21.7 Å². The van der Waals surface area contributed by atoms with Crippen molar-refractivity contribution in [3.05, 3.63) is 101 Å². The van der Waals surface area contributed by atoms with Gasteiger partial charge in [-0.25, -0.2) is 0 Å². The fourth-order valence-corrected chi connectivity index (χ4v) is 5.27. The second-order valence-corrected chi connectivity index (χ2v) is 9.80. The number of nitrogens with one attached hydrogen (secondary N) is 1. The number of amides is 2. The maximum atomic E-state index is 13.4. The van der Waals surface area contributed by atoms with Crippen LogP contribution >= 0.6 is 24.0 Å². The number of thiocarbonyl (C=S) groups is 1. The van der Waals surface area contributed by atoms with Crippen molar-refractivity contribution in [3.63, 3.8) is 0 Å². The molecule has 5 rings (SSSR count). The van der Waals surface area contributed by atoms with E-state index in [1.165, 1.54) is 18.9 Å². The quantitative estimate of drug-likeness (QED) is 0.226. The number of carbonyl (C=O) groups excluding carboxylic acids is 2. The Hall–Kier alpha value is -4.14. The van der Waals surface area contributed by atoms with E-state index in [1.807, 2.05) is 60.7 Å². The van der Waals surface area contributed by atoms with Gasteiger partial charge in [0, 0.05) is 11.1 Å². The van der Waals surface area contributed by atoms with Crippen molar-refractivity contribution in [3.8, 4) is 11.5 Å². The van der Waals surface area contributed by atoms with Gasteiger partial charge in [-0.05, 0) is 47.4 Å². The molecule has 37 heavy (non-hydrogen) atoms. The highest BCUT2D eigenvalue weighted by molar-refractivity contribution is 8.27. The fourth-order valence-electron chi connectivity index (χ4n) is 3.99. The van der Waals surface area contributed by atoms with Gasteiger partial charge < -0.3 is 14.8 Å². The molecular formula is C29H22N2O4S2. The third-order valence-electron chi connectivity index (χ3n) is 5.70. The Bertz CT molecular complexity index is 1530. The van der Waals surface area contributed by atoms with E-state index < -0.39 is 0 Å². The van der Waals surface area contributed by atoms with Gasteiger partial charge >= 0.3 is 0 Å². The Morgan fingerprint density at radius 2 is 1.73 bits per heavy atom. The van der Waals surface area contributed by atoms with Gasteiger partial charge in [-0.3, -0.25) is 14.5 Å². The number of nitrogens with zero attached hydrogens (tertiary/aromatic N) is 1. The van der Waals surface area contributed by atoms with Gasteiger partial charge in [0.2, 0.25) is 0 Å². The highest BCUT2D eigenvalue weighted by Crippen LogP contribution is 2.39. The van der Waals surface area contributed by atoms with Crippen molar-refractivity contribution >= 4 is 68.3 Å². The molecule has 1 saturated heterocycles. The molecule has 0 atom stereocenters. The van der Waals surface area contributed by atoms with Gasteiger partial charge in [-0.1, -0.05) is 84.6 Å². The SMILES string of the molecule is COc1cc(/C=C2/SC(=S)N(c3cccc4ccccc34)C2=O)ccc1OCC(=O)Nc1ccccc1. The van der Waals surface area contributed by atoms with Crippen LogP contribution in [0.25, 0.3) is 16.8 Å². The molecular weight excluding hydrogens is 504 g/mol. The number of anilines is 2. The van der Waals surface area contributed by atoms with Gasteiger partial charge in [0.15, 0.2) is 22.4 Å². The zero-order valence-corrected chi connectivity index (χ0v) is 21.5. The van der Waals surface area contributed by atoms with E-state index >= 15 is 0 Å². The lowest BCUT2D eigenvalue weighted by Gasteiger charge is -2.17. The van der Waals surface area contributed by atoms with Gasteiger partial charge in [0.25, 0.3) is 11.8 Å². The smallest absolute Gasteiger partial charge is 0.270 e. The second kappa shape index (κ2) is 10.9. The van der Waals surface area contributed by atoms with Crippen LogP contribution in [0, 0.1) is 0 Å². The molecule has 0 radical (unpaired) electrons. The van der Waals surface area contributed by atoms with E-state index in [0.29, 0.717) is 26.4 Å². The molecule has 1 N–H and O–H groups in total. The van der Waals surface area contributed by atoms with Crippen LogP contribution in [0.1, 0.15) is 5.56 Å². The summed E-state index contributed by atoms with van der Waals surface area (Å²) in [4.78, 5) is 27.7. The summed E-state index contributed by atoms with van der Waals surface area (Å²) in [6.07, 6.45) is 1.78. The van der Waals surface area contributed by atoms with Crippen LogP contribution in [0.5, 0.6) is 11.5 Å². The summed E-state index contributed by atoms with van der Waals surface area (Å²) < 4.78 is 11.6. The zero-order chi connectivity index (χ0) is 25.8. The zero-order valence-electron chi connectivity index (χ0n) is 19.8. The molecule has 0 aromatic heterocycles. The van der Waals surface area contributed by atoms with Crippen LogP contribution in [-0.2, 0) is 9.59 Å². The summed E-state index contributed by atoms with van der Waals surface area (Å²) in [5, 5.41) is 4.77. The number of hydrogen-bond acceptors (Lipinski definition) is 6. The van der Waals surface area contributed by atoms with Crippen LogP contribution in [0.2, 0.25) is 0 Å². The summed E-state index contributed by atoms with van der Waals surface area (Å²) in [5.41, 5.74) is 2.20. The molecule has 1 aliphatic rings. The van der Waals surface area contributed by atoms with Crippen LogP contribution in [-0.4, -0.2) is 29.9 Å². The minimum absolute atomic E-state index is 0.172. The van der Waals surface area contributed by atoms with Gasteiger partial charge in [-0.15, -0.1) is 0 Å². The molecule has 4 aromatic carbocycles. The second-order valence-electron chi connectivity index (χ2n) is 8.13. The fraction of sp³-hybridized carbons (Fsp3) is 0.0690. The van der Waals surface area contributed by atoms with Crippen molar-refractivity contribution in [1.29, 1.82) is 0 Å². The Morgan fingerprint density at radius 3 is 2.54 bits per heavy atom. The largest absolute Gasteiger partial charge is 0.493 e. The van der Waals surface area contributed by atoms with Gasteiger partial charge in [-0.2, -0.15) is 0 Å². The standard InChI is InChI=1S/C29H22N2O4S2/c1-34-25-16-19(14-15-24(25)35-18-27(32)30-21-10-3-2-4-11-21)17-26-28(33)31(29(36)37-26)23-13-7-9-20-8-5-6-12-22(20)23/h2-17H,18H2,1H3,(H,30,32)/b26-17+. The molecule has 4 aromatic rings. The maximum Gasteiger partial charge on any atom is 0.270 e. The Kier molecular flexibility index (Phi) is 7.20. The topological polar surface area (TPSA) is 67.9 Å². The lowest BCUT2D eigenvalue weighted by Crippen LogP contribution is -2.27. The molecule has 2 amide bonds. The van der Waals surface area contributed by atoms with E-state index in [2.05, 4.69) is 5.32 Å². The molecule has 1 fully saturated rings.